The third kappa shape index (κ3) is 3.35. The summed E-state index contributed by atoms with van der Waals surface area (Å²) in [6, 6.07) is 6.04. The van der Waals surface area contributed by atoms with Crippen molar-refractivity contribution in [1.82, 2.24) is 9.97 Å². The van der Waals surface area contributed by atoms with Crippen LogP contribution in [0, 0.1) is 0 Å². The number of nitrogens with zero attached hydrogens (tertiary/aromatic N) is 2. The number of anilines is 1. The van der Waals surface area contributed by atoms with Gasteiger partial charge in [0.05, 0.1) is 10.5 Å². The van der Waals surface area contributed by atoms with E-state index in [0.717, 1.165) is 6.26 Å². The van der Waals surface area contributed by atoms with Gasteiger partial charge < -0.3 is 5.32 Å². The highest BCUT2D eigenvalue weighted by atomic mass is 32.2. The molecular weight excluding hydrogens is 266 g/mol. The van der Waals surface area contributed by atoms with Crippen molar-refractivity contribution in [3.05, 3.63) is 48.5 Å². The Morgan fingerprint density at radius 2 is 1.89 bits per heavy atom. The van der Waals surface area contributed by atoms with Crippen molar-refractivity contribution < 1.29 is 13.2 Å². The minimum Gasteiger partial charge on any atom is -0.322 e. The maximum absolute atomic E-state index is 11.8. The standard InChI is InChI=1S/C12H11N3O3S/c1-19(17,18)11-4-2-3-10(5-11)15-12(16)9-6-13-8-14-7-9/h2-8H,1H3,(H,15,16). The largest absolute Gasteiger partial charge is 0.322 e. The molecule has 7 heteroatoms. The molecule has 0 aliphatic carbocycles. The fourth-order valence-corrected chi connectivity index (χ4v) is 2.09. The smallest absolute Gasteiger partial charge is 0.258 e. The molecule has 2 aromatic rings. The molecule has 0 saturated carbocycles. The first kappa shape index (κ1) is 13.2. The maximum atomic E-state index is 11.8. The molecule has 1 aromatic heterocycles. The average Bonchev–Trinajstić information content (AvgIpc) is 2.39. The zero-order valence-corrected chi connectivity index (χ0v) is 10.9. The molecule has 0 atom stereocenters. The lowest BCUT2D eigenvalue weighted by atomic mass is 10.3. The first-order chi connectivity index (χ1) is 8.97. The van der Waals surface area contributed by atoms with Crippen molar-refractivity contribution in [2.45, 2.75) is 4.90 Å². The summed E-state index contributed by atoms with van der Waals surface area (Å²) in [7, 11) is -3.30. The average molecular weight is 277 g/mol. The second kappa shape index (κ2) is 5.15. The van der Waals surface area contributed by atoms with Gasteiger partial charge in [-0.1, -0.05) is 6.07 Å². The van der Waals surface area contributed by atoms with Crippen LogP contribution < -0.4 is 5.32 Å². The van der Waals surface area contributed by atoms with Gasteiger partial charge in [-0.3, -0.25) is 4.79 Å². The van der Waals surface area contributed by atoms with Crippen LogP contribution in [-0.2, 0) is 9.84 Å². The van der Waals surface area contributed by atoms with E-state index in [1.165, 1.54) is 30.9 Å². The number of hydrogen-bond acceptors (Lipinski definition) is 5. The van der Waals surface area contributed by atoms with Crippen molar-refractivity contribution in [1.29, 1.82) is 0 Å². The summed E-state index contributed by atoms with van der Waals surface area (Å²) < 4.78 is 22.8. The molecule has 2 rings (SSSR count). The molecule has 0 radical (unpaired) electrons. The van der Waals surface area contributed by atoms with Gasteiger partial charge in [-0.05, 0) is 18.2 Å². The Hall–Kier alpha value is -2.28. The Bertz CT molecular complexity index is 699. The quantitative estimate of drug-likeness (QED) is 0.908. The highest BCUT2D eigenvalue weighted by Gasteiger charge is 2.10. The SMILES string of the molecule is CS(=O)(=O)c1cccc(NC(=O)c2cncnc2)c1. The Labute approximate surface area is 110 Å². The molecule has 0 bridgehead atoms. The van der Waals surface area contributed by atoms with Gasteiger partial charge in [0.15, 0.2) is 9.84 Å². The van der Waals surface area contributed by atoms with E-state index in [9.17, 15) is 13.2 Å². The Morgan fingerprint density at radius 3 is 2.53 bits per heavy atom. The lowest BCUT2D eigenvalue weighted by Crippen LogP contribution is -2.12. The molecule has 1 heterocycles. The summed E-state index contributed by atoms with van der Waals surface area (Å²) in [6.07, 6.45) is 5.19. The van der Waals surface area contributed by atoms with Gasteiger partial charge in [0, 0.05) is 24.3 Å². The van der Waals surface area contributed by atoms with Gasteiger partial charge in [0.25, 0.3) is 5.91 Å². The van der Waals surface area contributed by atoms with Crippen molar-refractivity contribution in [3.8, 4) is 0 Å². The van der Waals surface area contributed by atoms with E-state index >= 15 is 0 Å². The topological polar surface area (TPSA) is 89.0 Å². The number of benzene rings is 1. The van der Waals surface area contributed by atoms with Crippen LogP contribution in [0.5, 0.6) is 0 Å². The number of carbonyl (C=O) groups is 1. The molecule has 0 unspecified atom stereocenters. The molecule has 19 heavy (non-hydrogen) atoms. The van der Waals surface area contributed by atoms with E-state index in [1.807, 2.05) is 0 Å². The van der Waals surface area contributed by atoms with Crippen LogP contribution >= 0.6 is 0 Å². The molecule has 98 valence electrons. The van der Waals surface area contributed by atoms with Crippen LogP contribution in [0.15, 0.2) is 47.9 Å². The summed E-state index contributed by atoms with van der Waals surface area (Å²) in [6.45, 7) is 0. The molecule has 1 amide bonds. The van der Waals surface area contributed by atoms with Crippen LogP contribution in [0.25, 0.3) is 0 Å². The second-order valence-corrected chi connectivity index (χ2v) is 5.90. The number of carbonyl (C=O) groups excluding carboxylic acids is 1. The lowest BCUT2D eigenvalue weighted by molar-refractivity contribution is 0.102. The molecule has 0 fully saturated rings. The Kier molecular flexibility index (Phi) is 3.57. The molecule has 1 aromatic carbocycles. The van der Waals surface area contributed by atoms with Gasteiger partial charge >= 0.3 is 0 Å². The van der Waals surface area contributed by atoms with Gasteiger partial charge in [-0.2, -0.15) is 0 Å². The van der Waals surface area contributed by atoms with E-state index < -0.39 is 15.7 Å². The van der Waals surface area contributed by atoms with Crippen LogP contribution in [0.3, 0.4) is 0 Å². The summed E-state index contributed by atoms with van der Waals surface area (Å²) >= 11 is 0. The number of hydrogen-bond donors (Lipinski definition) is 1. The first-order valence-corrected chi connectivity index (χ1v) is 7.22. The number of nitrogens with one attached hydrogen (secondary N) is 1. The van der Waals surface area contributed by atoms with Crippen molar-refractivity contribution in [2.24, 2.45) is 0 Å². The highest BCUT2D eigenvalue weighted by molar-refractivity contribution is 7.90. The zero-order chi connectivity index (χ0) is 13.9. The van der Waals surface area contributed by atoms with E-state index in [0.29, 0.717) is 11.3 Å². The van der Waals surface area contributed by atoms with Crippen LogP contribution in [0.4, 0.5) is 5.69 Å². The Balaban J connectivity index is 2.23. The van der Waals surface area contributed by atoms with Crippen LogP contribution in [0.2, 0.25) is 0 Å². The fraction of sp³-hybridized carbons (Fsp3) is 0.0833. The van der Waals surface area contributed by atoms with E-state index in [4.69, 9.17) is 0 Å². The third-order valence-electron chi connectivity index (χ3n) is 2.34. The predicted molar refractivity (Wildman–Crippen MR) is 69.5 cm³/mol. The Morgan fingerprint density at radius 1 is 1.21 bits per heavy atom. The molecule has 6 nitrogen and oxygen atoms in total. The normalized spacial score (nSPS) is 11.0. The van der Waals surface area contributed by atoms with Gasteiger partial charge in [-0.15, -0.1) is 0 Å². The number of rotatable bonds is 3. The third-order valence-corrected chi connectivity index (χ3v) is 3.45. The molecule has 0 aliphatic heterocycles. The summed E-state index contributed by atoms with van der Waals surface area (Å²) in [5.74, 6) is -0.397. The van der Waals surface area contributed by atoms with Gasteiger partial charge in [-0.25, -0.2) is 18.4 Å². The molecule has 0 spiro atoms. The van der Waals surface area contributed by atoms with Crippen molar-refractivity contribution >= 4 is 21.4 Å². The number of amides is 1. The van der Waals surface area contributed by atoms with Crippen molar-refractivity contribution in [3.63, 3.8) is 0 Å². The molecular formula is C12H11N3O3S. The van der Waals surface area contributed by atoms with Crippen molar-refractivity contribution in [2.75, 3.05) is 11.6 Å². The minimum absolute atomic E-state index is 0.148. The molecule has 0 saturated heterocycles. The summed E-state index contributed by atoms with van der Waals surface area (Å²) in [5, 5.41) is 2.59. The predicted octanol–water partition coefficient (Wildman–Crippen LogP) is 1.13. The maximum Gasteiger partial charge on any atom is 0.258 e. The van der Waals surface area contributed by atoms with Crippen LogP contribution in [-0.4, -0.2) is 30.5 Å². The first-order valence-electron chi connectivity index (χ1n) is 5.33. The number of aromatic nitrogens is 2. The molecule has 0 aliphatic rings. The highest BCUT2D eigenvalue weighted by Crippen LogP contribution is 2.15. The second-order valence-electron chi connectivity index (χ2n) is 3.88. The lowest BCUT2D eigenvalue weighted by Gasteiger charge is -2.06. The molecule has 1 N–H and O–H groups in total. The van der Waals surface area contributed by atoms with E-state index in [-0.39, 0.29) is 4.90 Å². The summed E-state index contributed by atoms with van der Waals surface area (Å²) in [4.78, 5) is 19.5. The number of sulfone groups is 1. The fourth-order valence-electron chi connectivity index (χ4n) is 1.42. The monoisotopic (exact) mass is 277 g/mol. The zero-order valence-electron chi connectivity index (χ0n) is 10.1. The van der Waals surface area contributed by atoms with Crippen LogP contribution in [0.1, 0.15) is 10.4 Å². The van der Waals surface area contributed by atoms with E-state index in [1.54, 1.807) is 12.1 Å². The summed E-state index contributed by atoms with van der Waals surface area (Å²) in [5.41, 5.74) is 0.698. The van der Waals surface area contributed by atoms with Gasteiger partial charge in [0.2, 0.25) is 0 Å². The van der Waals surface area contributed by atoms with E-state index in [2.05, 4.69) is 15.3 Å². The van der Waals surface area contributed by atoms with Gasteiger partial charge in [0.1, 0.15) is 6.33 Å². The minimum atomic E-state index is -3.30.